The summed E-state index contributed by atoms with van der Waals surface area (Å²) >= 11 is 0. The lowest BCUT2D eigenvalue weighted by Crippen LogP contribution is -2.30. The van der Waals surface area contributed by atoms with Crippen molar-refractivity contribution in [3.8, 4) is 11.5 Å². The summed E-state index contributed by atoms with van der Waals surface area (Å²) < 4.78 is 99.0. The van der Waals surface area contributed by atoms with E-state index in [9.17, 15) is 36.2 Å². The Balaban J connectivity index is 1.68. The molecule has 0 saturated carbocycles. The van der Waals surface area contributed by atoms with E-state index < -0.39 is 42.3 Å². The Morgan fingerprint density at radius 1 is 0.863 bits per heavy atom. The molecular weight excluding hydrogens is 680 g/mol. The molecule has 0 saturated heterocycles. The molecule has 3 aromatic carbocycles. The highest BCUT2D eigenvalue weighted by Crippen LogP contribution is 2.42. The fourth-order valence-corrected chi connectivity index (χ4v) is 5.97. The number of nitrogens with zero attached hydrogens (tertiary/aromatic N) is 3. The van der Waals surface area contributed by atoms with Crippen molar-refractivity contribution in [2.75, 3.05) is 25.7 Å². The van der Waals surface area contributed by atoms with E-state index in [1.54, 1.807) is 7.11 Å². The first-order chi connectivity index (χ1) is 24.1. The topological polar surface area (TPSA) is 94.0 Å². The van der Waals surface area contributed by atoms with Gasteiger partial charge in [0.05, 0.1) is 30.6 Å². The maximum absolute atomic E-state index is 13.9. The molecule has 0 bridgehead atoms. The summed E-state index contributed by atoms with van der Waals surface area (Å²) in [5.74, 6) is -0.793. The summed E-state index contributed by atoms with van der Waals surface area (Å²) in [7, 11) is 2.68. The number of aliphatic carboxylic acids is 1. The lowest BCUT2D eigenvalue weighted by molar-refractivity contribution is -0.166. The van der Waals surface area contributed by atoms with Crippen LogP contribution in [0.5, 0.6) is 11.5 Å². The minimum atomic E-state index is -5.04. The van der Waals surface area contributed by atoms with Gasteiger partial charge in [-0.2, -0.15) is 26.3 Å². The van der Waals surface area contributed by atoms with E-state index in [1.165, 1.54) is 4.90 Å². The number of anilines is 1. The number of carbonyl (C=O) groups is 1. The van der Waals surface area contributed by atoms with Crippen LogP contribution >= 0.6 is 0 Å². The predicted molar refractivity (Wildman–Crippen MR) is 176 cm³/mol. The van der Waals surface area contributed by atoms with Crippen LogP contribution in [-0.2, 0) is 34.8 Å². The number of aromatic nitrogens is 2. The lowest BCUT2D eigenvalue weighted by Gasteiger charge is -2.30. The molecule has 8 nitrogen and oxygen atoms in total. The number of rotatable bonds is 12. The number of carboxylic acid groups (broad SMARTS) is 1. The second-order valence-electron chi connectivity index (χ2n) is 12.3. The fourth-order valence-electron chi connectivity index (χ4n) is 5.97. The zero-order chi connectivity index (χ0) is 37.1. The summed E-state index contributed by atoms with van der Waals surface area (Å²) in [6.45, 7) is 3.67. The minimum Gasteiger partial charge on any atom is -0.496 e. The first-order valence-electron chi connectivity index (χ1n) is 15.8. The molecule has 14 heteroatoms. The second kappa shape index (κ2) is 15.0. The van der Waals surface area contributed by atoms with Crippen LogP contribution in [0.15, 0.2) is 78.6 Å². The standard InChI is InChI=1S/C37H35F6N3O5/c1-21(2)24-11-12-31(49-3)30(15-24)32-25(10-9-23-7-5-6-8-29(23)32)20-46(35-44-17-28(18-45-35)51-34(50-4)33(47)48)19-22-13-26(36(38,39)40)16-27(14-22)37(41,42)43/h5-8,11-18,21,34H,9-10,19-20H2,1-4H3,(H,47,48). The van der Waals surface area contributed by atoms with Crippen molar-refractivity contribution in [2.24, 2.45) is 0 Å². The third-order valence-corrected chi connectivity index (χ3v) is 8.45. The number of fused-ring (bicyclic) bond motifs is 1. The van der Waals surface area contributed by atoms with Gasteiger partial charge in [-0.15, -0.1) is 0 Å². The third kappa shape index (κ3) is 8.62. The van der Waals surface area contributed by atoms with E-state index >= 15 is 0 Å². The van der Waals surface area contributed by atoms with Crippen molar-refractivity contribution >= 4 is 17.5 Å². The molecular formula is C37H35F6N3O5. The summed E-state index contributed by atoms with van der Waals surface area (Å²) in [5, 5.41) is 9.28. The number of hydrogen-bond acceptors (Lipinski definition) is 7. The molecule has 0 fully saturated rings. The van der Waals surface area contributed by atoms with Gasteiger partial charge in [0, 0.05) is 25.8 Å². The van der Waals surface area contributed by atoms with Crippen LogP contribution in [0.4, 0.5) is 32.3 Å². The zero-order valence-corrected chi connectivity index (χ0v) is 28.1. The van der Waals surface area contributed by atoms with Crippen LogP contribution in [0.1, 0.15) is 65.1 Å². The Hall–Kier alpha value is -5.11. The number of aryl methyl sites for hydroxylation is 1. The molecule has 1 heterocycles. The van der Waals surface area contributed by atoms with Gasteiger partial charge in [-0.1, -0.05) is 44.2 Å². The molecule has 51 heavy (non-hydrogen) atoms. The van der Waals surface area contributed by atoms with Crippen LogP contribution in [0.2, 0.25) is 0 Å². The van der Waals surface area contributed by atoms with E-state index in [0.29, 0.717) is 30.7 Å². The Kier molecular flexibility index (Phi) is 10.9. The van der Waals surface area contributed by atoms with E-state index in [0.717, 1.165) is 52.9 Å². The van der Waals surface area contributed by atoms with Crippen LogP contribution in [0.3, 0.4) is 0 Å². The quantitative estimate of drug-likeness (QED) is 0.115. The maximum Gasteiger partial charge on any atom is 0.416 e. The highest BCUT2D eigenvalue weighted by atomic mass is 19.4. The number of benzene rings is 3. The van der Waals surface area contributed by atoms with Gasteiger partial charge in [-0.25, -0.2) is 14.8 Å². The van der Waals surface area contributed by atoms with Gasteiger partial charge in [0.25, 0.3) is 6.29 Å². The van der Waals surface area contributed by atoms with Crippen molar-refractivity contribution in [3.05, 3.63) is 118 Å². The smallest absolute Gasteiger partial charge is 0.416 e. The summed E-state index contributed by atoms with van der Waals surface area (Å²) in [6.07, 6.45) is -8.33. The van der Waals surface area contributed by atoms with Gasteiger partial charge in [-0.05, 0) is 82.5 Å². The Morgan fingerprint density at radius 2 is 1.51 bits per heavy atom. The number of alkyl halides is 6. The highest BCUT2D eigenvalue weighted by molar-refractivity contribution is 5.88. The SMILES string of the molecule is COc1ccc(C(C)C)cc1C1=C(CN(Cc2cc(C(F)(F)F)cc(C(F)(F)F)c2)c2ncc(OC(OC)C(=O)O)cn2)CCc2ccccc21. The molecule has 4 aromatic rings. The number of carboxylic acids is 1. The first-order valence-corrected chi connectivity index (χ1v) is 15.8. The molecule has 1 aliphatic carbocycles. The first kappa shape index (κ1) is 37.2. The monoisotopic (exact) mass is 715 g/mol. The number of halogens is 6. The zero-order valence-electron chi connectivity index (χ0n) is 28.1. The Bertz CT molecular complexity index is 1880. The number of methoxy groups -OCH3 is 2. The van der Waals surface area contributed by atoms with Crippen LogP contribution in [0.25, 0.3) is 5.57 Å². The third-order valence-electron chi connectivity index (χ3n) is 8.45. The molecule has 0 amide bonds. The van der Waals surface area contributed by atoms with Crippen molar-refractivity contribution in [3.63, 3.8) is 0 Å². The van der Waals surface area contributed by atoms with Gasteiger partial charge in [0.1, 0.15) is 5.75 Å². The molecule has 1 unspecified atom stereocenters. The van der Waals surface area contributed by atoms with Gasteiger partial charge >= 0.3 is 18.3 Å². The molecule has 0 aliphatic heterocycles. The van der Waals surface area contributed by atoms with Gasteiger partial charge in [0.2, 0.25) is 5.95 Å². The van der Waals surface area contributed by atoms with Crippen LogP contribution in [-0.4, -0.2) is 48.1 Å². The van der Waals surface area contributed by atoms with E-state index in [1.807, 2.05) is 42.5 Å². The normalized spacial score (nSPS) is 13.9. The molecule has 1 N–H and O–H groups in total. The van der Waals surface area contributed by atoms with Gasteiger partial charge < -0.3 is 24.2 Å². The molecule has 0 spiro atoms. The van der Waals surface area contributed by atoms with Gasteiger partial charge in [0.15, 0.2) is 5.75 Å². The van der Waals surface area contributed by atoms with Crippen molar-refractivity contribution in [1.82, 2.24) is 9.97 Å². The fraction of sp³-hybridized carbons (Fsp3) is 0.324. The summed E-state index contributed by atoms with van der Waals surface area (Å²) in [4.78, 5) is 21.5. The molecule has 270 valence electrons. The molecule has 0 radical (unpaired) electrons. The Morgan fingerprint density at radius 3 is 2.08 bits per heavy atom. The predicted octanol–water partition coefficient (Wildman–Crippen LogP) is 8.54. The van der Waals surface area contributed by atoms with Gasteiger partial charge in [-0.3, -0.25) is 0 Å². The number of ether oxygens (including phenoxy) is 3. The summed E-state index contributed by atoms with van der Waals surface area (Å²) in [5.41, 5.74) is 2.29. The average molecular weight is 716 g/mol. The summed E-state index contributed by atoms with van der Waals surface area (Å²) in [6, 6.07) is 15.1. The molecule has 1 aromatic heterocycles. The van der Waals surface area contributed by atoms with Crippen LogP contribution in [0, 0.1) is 0 Å². The highest BCUT2D eigenvalue weighted by Gasteiger charge is 2.37. The molecule has 1 atom stereocenters. The maximum atomic E-state index is 13.9. The second-order valence-corrected chi connectivity index (χ2v) is 12.3. The lowest BCUT2D eigenvalue weighted by atomic mass is 9.81. The molecule has 5 rings (SSSR count). The van der Waals surface area contributed by atoms with E-state index in [2.05, 4.69) is 23.8 Å². The molecule has 1 aliphatic rings. The number of hydrogen-bond donors (Lipinski definition) is 1. The van der Waals surface area contributed by atoms with Crippen molar-refractivity contribution in [2.45, 2.75) is 57.8 Å². The van der Waals surface area contributed by atoms with E-state index in [-0.39, 0.29) is 35.8 Å². The van der Waals surface area contributed by atoms with E-state index in [4.69, 9.17) is 14.2 Å². The van der Waals surface area contributed by atoms with Crippen molar-refractivity contribution in [1.29, 1.82) is 0 Å². The Labute approximate surface area is 290 Å². The van der Waals surface area contributed by atoms with Crippen molar-refractivity contribution < 1.29 is 50.5 Å². The average Bonchev–Trinajstić information content (AvgIpc) is 3.09. The van der Waals surface area contributed by atoms with Crippen LogP contribution < -0.4 is 14.4 Å². The minimum absolute atomic E-state index is 0.00630. The largest absolute Gasteiger partial charge is 0.496 e.